The lowest BCUT2D eigenvalue weighted by Crippen LogP contribution is -2.13. The Morgan fingerprint density at radius 3 is 2.40 bits per heavy atom. The topological polar surface area (TPSA) is 115 Å². The summed E-state index contributed by atoms with van der Waals surface area (Å²) in [5, 5.41) is 14.1. The predicted octanol–water partition coefficient (Wildman–Crippen LogP) is 2.45. The number of hydrogen-bond donors (Lipinski definition) is 1. The molecule has 0 spiro atoms. The van der Waals surface area contributed by atoms with Crippen LogP contribution >= 0.6 is 15.9 Å². The molecule has 0 saturated carbocycles. The fraction of sp³-hybridized carbons (Fsp3) is 0.100. The van der Waals surface area contributed by atoms with Crippen LogP contribution in [0.25, 0.3) is 0 Å². The Balaban J connectivity index is 2.31. The average molecular weight is 362 g/mol. The number of sulfonamides is 1. The molecule has 0 bridgehead atoms. The second-order valence-corrected chi connectivity index (χ2v) is 6.23. The number of nitrogens with zero attached hydrogens (tertiary/aromatic N) is 2. The van der Waals surface area contributed by atoms with Gasteiger partial charge in [-0.1, -0.05) is 5.16 Å². The smallest absolute Gasteiger partial charge is 0.269 e. The molecule has 0 radical (unpaired) electrons. The maximum atomic E-state index is 12.1. The molecule has 0 aliphatic heterocycles. The number of anilines is 1. The minimum atomic E-state index is -3.89. The van der Waals surface area contributed by atoms with E-state index in [0.29, 0.717) is 10.2 Å². The van der Waals surface area contributed by atoms with Crippen LogP contribution in [0, 0.1) is 17.0 Å². The molecular weight excluding hydrogens is 354 g/mol. The number of halogens is 1. The number of nitro benzene ring substituents is 1. The van der Waals surface area contributed by atoms with Gasteiger partial charge in [0.1, 0.15) is 10.2 Å². The van der Waals surface area contributed by atoms with Gasteiger partial charge < -0.3 is 4.52 Å². The van der Waals surface area contributed by atoms with E-state index in [-0.39, 0.29) is 16.4 Å². The summed E-state index contributed by atoms with van der Waals surface area (Å²) in [7, 11) is -3.89. The van der Waals surface area contributed by atoms with Crippen molar-refractivity contribution in [2.45, 2.75) is 11.8 Å². The zero-order chi connectivity index (χ0) is 14.9. The number of nitrogens with one attached hydrogen (secondary N) is 1. The number of aryl methyl sites for hydroxylation is 1. The molecule has 0 aliphatic carbocycles. The lowest BCUT2D eigenvalue weighted by molar-refractivity contribution is -0.384. The number of hydrogen-bond acceptors (Lipinski definition) is 6. The monoisotopic (exact) mass is 361 g/mol. The number of benzene rings is 1. The van der Waals surface area contributed by atoms with Gasteiger partial charge in [0, 0.05) is 12.1 Å². The first kappa shape index (κ1) is 14.5. The summed E-state index contributed by atoms with van der Waals surface area (Å²) in [6.45, 7) is 1.61. The van der Waals surface area contributed by atoms with Crippen LogP contribution in [0.2, 0.25) is 0 Å². The predicted molar refractivity (Wildman–Crippen MR) is 72.8 cm³/mol. The van der Waals surface area contributed by atoms with Crippen molar-refractivity contribution in [3.63, 3.8) is 0 Å². The van der Waals surface area contributed by atoms with Crippen LogP contribution in [0.15, 0.2) is 38.2 Å². The fourth-order valence-corrected chi connectivity index (χ4v) is 2.74. The summed E-state index contributed by atoms with van der Waals surface area (Å²) in [4.78, 5) is 9.79. The van der Waals surface area contributed by atoms with E-state index in [9.17, 15) is 18.5 Å². The summed E-state index contributed by atoms with van der Waals surface area (Å²) < 4.78 is 31.6. The standard InChI is InChI=1S/C10H8BrN3O5S/c1-6-9(11)10(12-19-6)13-20(17,18)8-4-2-7(3-5-8)14(15)16/h2-5H,1H3,(H,12,13). The molecular formula is C10H8BrN3O5S. The van der Waals surface area contributed by atoms with Crippen LogP contribution in [-0.4, -0.2) is 18.5 Å². The molecule has 0 saturated heterocycles. The average Bonchev–Trinajstić information content (AvgIpc) is 2.70. The Morgan fingerprint density at radius 2 is 1.95 bits per heavy atom. The number of nitro groups is 1. The molecule has 0 amide bonds. The van der Waals surface area contributed by atoms with Gasteiger partial charge in [-0.15, -0.1) is 0 Å². The molecule has 2 rings (SSSR count). The zero-order valence-corrected chi connectivity index (χ0v) is 12.4. The molecule has 106 valence electrons. The lowest BCUT2D eigenvalue weighted by atomic mass is 10.3. The Morgan fingerprint density at radius 1 is 1.35 bits per heavy atom. The van der Waals surface area contributed by atoms with Crippen molar-refractivity contribution in [3.8, 4) is 0 Å². The van der Waals surface area contributed by atoms with Gasteiger partial charge in [0.15, 0.2) is 5.82 Å². The molecule has 10 heteroatoms. The quantitative estimate of drug-likeness (QED) is 0.660. The first-order valence-electron chi connectivity index (χ1n) is 5.20. The van der Waals surface area contributed by atoms with E-state index in [4.69, 9.17) is 4.52 Å². The highest BCUT2D eigenvalue weighted by atomic mass is 79.9. The van der Waals surface area contributed by atoms with Crippen LogP contribution in [0.5, 0.6) is 0 Å². The Bertz CT molecular complexity index is 754. The molecule has 1 N–H and O–H groups in total. The van der Waals surface area contributed by atoms with Gasteiger partial charge >= 0.3 is 0 Å². The SMILES string of the molecule is Cc1onc(NS(=O)(=O)c2ccc([N+](=O)[O-])cc2)c1Br. The van der Waals surface area contributed by atoms with E-state index < -0.39 is 14.9 Å². The van der Waals surface area contributed by atoms with Crippen molar-refractivity contribution < 1.29 is 17.9 Å². The van der Waals surface area contributed by atoms with Crippen LogP contribution in [0.3, 0.4) is 0 Å². The van der Waals surface area contributed by atoms with Crippen molar-refractivity contribution in [2.24, 2.45) is 0 Å². The molecule has 0 aliphatic rings. The molecule has 2 aromatic rings. The second kappa shape index (κ2) is 5.21. The zero-order valence-electron chi connectivity index (χ0n) is 10.0. The summed E-state index contributed by atoms with van der Waals surface area (Å²) in [6, 6.07) is 4.50. The van der Waals surface area contributed by atoms with Crippen molar-refractivity contribution in [1.82, 2.24) is 5.16 Å². The molecule has 1 heterocycles. The molecule has 1 aromatic heterocycles. The Labute approximate surface area is 122 Å². The summed E-state index contributed by atoms with van der Waals surface area (Å²) >= 11 is 3.13. The lowest BCUT2D eigenvalue weighted by Gasteiger charge is -2.05. The summed E-state index contributed by atoms with van der Waals surface area (Å²) in [5.74, 6) is 0.437. The Kier molecular flexibility index (Phi) is 3.77. The molecule has 0 atom stereocenters. The van der Waals surface area contributed by atoms with Gasteiger partial charge in [0.05, 0.1) is 9.82 Å². The van der Waals surface area contributed by atoms with E-state index in [0.717, 1.165) is 24.3 Å². The van der Waals surface area contributed by atoms with Crippen molar-refractivity contribution >= 4 is 37.5 Å². The molecule has 1 aromatic carbocycles. The van der Waals surface area contributed by atoms with E-state index in [1.54, 1.807) is 6.92 Å². The van der Waals surface area contributed by atoms with E-state index >= 15 is 0 Å². The van der Waals surface area contributed by atoms with Crippen LogP contribution < -0.4 is 4.72 Å². The van der Waals surface area contributed by atoms with Crippen molar-refractivity contribution in [2.75, 3.05) is 4.72 Å². The first-order valence-corrected chi connectivity index (χ1v) is 7.48. The third-order valence-electron chi connectivity index (χ3n) is 2.38. The van der Waals surface area contributed by atoms with Crippen LogP contribution in [0.4, 0.5) is 11.5 Å². The molecule has 20 heavy (non-hydrogen) atoms. The van der Waals surface area contributed by atoms with Crippen LogP contribution in [-0.2, 0) is 10.0 Å². The highest BCUT2D eigenvalue weighted by molar-refractivity contribution is 9.10. The Hall–Kier alpha value is -1.94. The number of aromatic nitrogens is 1. The van der Waals surface area contributed by atoms with E-state index in [1.807, 2.05) is 0 Å². The molecule has 8 nitrogen and oxygen atoms in total. The first-order chi connectivity index (χ1) is 9.31. The van der Waals surface area contributed by atoms with Gasteiger partial charge in [0.25, 0.3) is 15.7 Å². The van der Waals surface area contributed by atoms with Crippen molar-refractivity contribution in [3.05, 3.63) is 44.6 Å². The largest absolute Gasteiger partial charge is 0.358 e. The third-order valence-corrected chi connectivity index (χ3v) is 4.67. The van der Waals surface area contributed by atoms with Crippen molar-refractivity contribution in [1.29, 1.82) is 0 Å². The summed E-state index contributed by atoms with van der Waals surface area (Å²) in [6.07, 6.45) is 0. The van der Waals surface area contributed by atoms with Gasteiger partial charge in [-0.2, -0.15) is 0 Å². The summed E-state index contributed by atoms with van der Waals surface area (Å²) in [5.41, 5.74) is -0.192. The van der Waals surface area contributed by atoms with E-state index in [1.165, 1.54) is 0 Å². The third kappa shape index (κ3) is 2.80. The van der Waals surface area contributed by atoms with E-state index in [2.05, 4.69) is 25.8 Å². The van der Waals surface area contributed by atoms with Crippen LogP contribution in [0.1, 0.15) is 5.76 Å². The molecule has 0 unspecified atom stereocenters. The van der Waals surface area contributed by atoms with Gasteiger partial charge in [0.2, 0.25) is 0 Å². The maximum Gasteiger partial charge on any atom is 0.269 e. The minimum Gasteiger partial charge on any atom is -0.358 e. The van der Waals surface area contributed by atoms with Gasteiger partial charge in [-0.05, 0) is 35.0 Å². The highest BCUT2D eigenvalue weighted by Gasteiger charge is 2.20. The maximum absolute atomic E-state index is 12.1. The van der Waals surface area contributed by atoms with Gasteiger partial charge in [-0.3, -0.25) is 14.8 Å². The number of non-ortho nitro benzene ring substituents is 1. The highest BCUT2D eigenvalue weighted by Crippen LogP contribution is 2.27. The fourth-order valence-electron chi connectivity index (χ4n) is 1.36. The second-order valence-electron chi connectivity index (χ2n) is 3.76. The normalized spacial score (nSPS) is 11.3. The molecule has 0 fully saturated rings. The minimum absolute atomic E-state index is 0.0147. The van der Waals surface area contributed by atoms with Gasteiger partial charge in [-0.25, -0.2) is 8.42 Å². The number of rotatable bonds is 4.